The highest BCUT2D eigenvalue weighted by Gasteiger charge is 2.13. The van der Waals surface area contributed by atoms with Gasteiger partial charge < -0.3 is 10.3 Å². The van der Waals surface area contributed by atoms with Gasteiger partial charge in [-0.25, -0.2) is 9.37 Å². The summed E-state index contributed by atoms with van der Waals surface area (Å²) in [4.78, 5) is 8.40. The number of hydrogen-bond donors (Lipinski definition) is 1. The molecule has 5 heteroatoms. The minimum Gasteiger partial charge on any atom is -0.399 e. The van der Waals surface area contributed by atoms with Crippen molar-refractivity contribution < 1.29 is 4.39 Å². The highest BCUT2D eigenvalue weighted by Crippen LogP contribution is 2.26. The van der Waals surface area contributed by atoms with E-state index in [-0.39, 0.29) is 5.82 Å². The van der Waals surface area contributed by atoms with Gasteiger partial charge in [0, 0.05) is 18.9 Å². The number of fused-ring (bicyclic) bond motifs is 1. The molecule has 0 bridgehead atoms. The topological polar surface area (TPSA) is 56.7 Å². The van der Waals surface area contributed by atoms with Crippen molar-refractivity contribution >= 4 is 16.7 Å². The molecule has 90 valence electrons. The Morgan fingerprint density at radius 1 is 1.28 bits per heavy atom. The summed E-state index contributed by atoms with van der Waals surface area (Å²) in [7, 11) is 1.84. The van der Waals surface area contributed by atoms with Gasteiger partial charge >= 0.3 is 0 Å². The van der Waals surface area contributed by atoms with Crippen LogP contribution in [0.4, 0.5) is 10.1 Å². The third-order valence-corrected chi connectivity index (χ3v) is 2.91. The Balaban J connectivity index is 2.31. The second-order valence-corrected chi connectivity index (χ2v) is 4.10. The molecule has 1 aromatic carbocycles. The van der Waals surface area contributed by atoms with Crippen LogP contribution in [-0.4, -0.2) is 14.5 Å². The van der Waals surface area contributed by atoms with Crippen LogP contribution < -0.4 is 5.73 Å². The van der Waals surface area contributed by atoms with E-state index < -0.39 is 0 Å². The van der Waals surface area contributed by atoms with E-state index in [0.717, 1.165) is 11.0 Å². The van der Waals surface area contributed by atoms with Crippen LogP contribution in [0.15, 0.2) is 36.7 Å². The molecule has 2 aromatic heterocycles. The van der Waals surface area contributed by atoms with Gasteiger partial charge in [0.1, 0.15) is 17.2 Å². The molecule has 3 rings (SSSR count). The molecule has 0 aliphatic carbocycles. The van der Waals surface area contributed by atoms with Crippen molar-refractivity contribution in [3.05, 3.63) is 42.5 Å². The first-order valence-electron chi connectivity index (χ1n) is 5.48. The van der Waals surface area contributed by atoms with Crippen LogP contribution in [0.5, 0.6) is 0 Å². The number of benzene rings is 1. The second kappa shape index (κ2) is 3.80. The number of nitrogens with zero attached hydrogens (tertiary/aromatic N) is 3. The number of imidazole rings is 1. The average molecular weight is 242 g/mol. The SMILES string of the molecule is Cn1c(-c2cc(N)ccc2F)nc2cnccc21. The summed E-state index contributed by atoms with van der Waals surface area (Å²) in [6.07, 6.45) is 3.34. The van der Waals surface area contributed by atoms with Gasteiger partial charge in [0.2, 0.25) is 0 Å². The fourth-order valence-corrected chi connectivity index (χ4v) is 2.01. The third-order valence-electron chi connectivity index (χ3n) is 2.91. The summed E-state index contributed by atoms with van der Waals surface area (Å²) in [5.41, 5.74) is 8.24. The van der Waals surface area contributed by atoms with Gasteiger partial charge in [-0.3, -0.25) is 4.98 Å². The van der Waals surface area contributed by atoms with Crippen LogP contribution in [0.1, 0.15) is 0 Å². The van der Waals surface area contributed by atoms with Gasteiger partial charge in [0.05, 0.1) is 17.3 Å². The first kappa shape index (κ1) is 10.7. The fraction of sp³-hybridized carbons (Fsp3) is 0.0769. The van der Waals surface area contributed by atoms with Crippen molar-refractivity contribution in [2.24, 2.45) is 7.05 Å². The number of halogens is 1. The molecular weight excluding hydrogens is 231 g/mol. The molecule has 0 saturated carbocycles. The number of rotatable bonds is 1. The molecule has 0 saturated heterocycles. The molecule has 0 amide bonds. The zero-order valence-electron chi connectivity index (χ0n) is 9.76. The Bertz CT molecular complexity index is 733. The molecule has 2 N–H and O–H groups in total. The van der Waals surface area contributed by atoms with Crippen molar-refractivity contribution in [2.75, 3.05) is 5.73 Å². The number of nitrogen functional groups attached to an aromatic ring is 1. The lowest BCUT2D eigenvalue weighted by molar-refractivity contribution is 0.629. The standard InChI is InChI=1S/C13H11FN4/c1-18-12-4-5-16-7-11(12)17-13(18)9-6-8(15)2-3-10(9)14/h2-7H,15H2,1H3. The van der Waals surface area contributed by atoms with E-state index in [0.29, 0.717) is 17.1 Å². The fourth-order valence-electron chi connectivity index (χ4n) is 2.01. The van der Waals surface area contributed by atoms with Gasteiger partial charge in [-0.1, -0.05) is 0 Å². The highest BCUT2D eigenvalue weighted by molar-refractivity contribution is 5.80. The minimum absolute atomic E-state index is 0.337. The predicted molar refractivity (Wildman–Crippen MR) is 68.3 cm³/mol. The number of pyridine rings is 1. The van der Waals surface area contributed by atoms with Crippen LogP contribution in [0.3, 0.4) is 0 Å². The molecular formula is C13H11FN4. The Labute approximate surface area is 103 Å². The summed E-state index contributed by atoms with van der Waals surface area (Å²) < 4.78 is 15.7. The molecule has 0 spiro atoms. The Morgan fingerprint density at radius 2 is 2.11 bits per heavy atom. The monoisotopic (exact) mass is 242 g/mol. The number of anilines is 1. The zero-order valence-corrected chi connectivity index (χ0v) is 9.76. The number of nitrogens with two attached hydrogens (primary N) is 1. The number of aromatic nitrogens is 3. The van der Waals surface area contributed by atoms with E-state index in [1.54, 1.807) is 18.5 Å². The quantitative estimate of drug-likeness (QED) is 0.666. The number of aryl methyl sites for hydroxylation is 1. The minimum atomic E-state index is -0.337. The van der Waals surface area contributed by atoms with Crippen LogP contribution in [-0.2, 0) is 7.05 Å². The molecule has 4 nitrogen and oxygen atoms in total. The Morgan fingerprint density at radius 3 is 2.89 bits per heavy atom. The molecule has 0 atom stereocenters. The maximum Gasteiger partial charge on any atom is 0.143 e. The zero-order chi connectivity index (χ0) is 12.7. The van der Waals surface area contributed by atoms with Gasteiger partial charge in [0.15, 0.2) is 0 Å². The largest absolute Gasteiger partial charge is 0.399 e. The highest BCUT2D eigenvalue weighted by atomic mass is 19.1. The van der Waals surface area contributed by atoms with Crippen LogP contribution >= 0.6 is 0 Å². The van der Waals surface area contributed by atoms with E-state index in [1.807, 2.05) is 17.7 Å². The van der Waals surface area contributed by atoms with E-state index in [9.17, 15) is 4.39 Å². The maximum atomic E-state index is 13.8. The molecule has 0 unspecified atom stereocenters. The summed E-state index contributed by atoms with van der Waals surface area (Å²) in [6.45, 7) is 0. The van der Waals surface area contributed by atoms with E-state index >= 15 is 0 Å². The van der Waals surface area contributed by atoms with Crippen molar-refractivity contribution in [3.8, 4) is 11.4 Å². The number of hydrogen-bond acceptors (Lipinski definition) is 3. The van der Waals surface area contributed by atoms with Gasteiger partial charge in [-0.2, -0.15) is 0 Å². The van der Waals surface area contributed by atoms with Crippen molar-refractivity contribution in [1.29, 1.82) is 0 Å². The lowest BCUT2D eigenvalue weighted by atomic mass is 10.2. The lowest BCUT2D eigenvalue weighted by Gasteiger charge is -2.04. The first-order valence-corrected chi connectivity index (χ1v) is 5.48. The average Bonchev–Trinajstić information content (AvgIpc) is 2.71. The van der Waals surface area contributed by atoms with Crippen molar-refractivity contribution in [2.45, 2.75) is 0 Å². The normalized spacial score (nSPS) is 11.0. The molecule has 2 heterocycles. The van der Waals surface area contributed by atoms with E-state index in [4.69, 9.17) is 5.73 Å². The molecule has 18 heavy (non-hydrogen) atoms. The van der Waals surface area contributed by atoms with Crippen molar-refractivity contribution in [1.82, 2.24) is 14.5 Å². The summed E-state index contributed by atoms with van der Waals surface area (Å²) in [6, 6.07) is 6.31. The van der Waals surface area contributed by atoms with Gasteiger partial charge in [-0.05, 0) is 24.3 Å². The van der Waals surface area contributed by atoms with E-state index in [1.165, 1.54) is 12.1 Å². The van der Waals surface area contributed by atoms with Crippen LogP contribution in [0.25, 0.3) is 22.4 Å². The maximum absolute atomic E-state index is 13.8. The van der Waals surface area contributed by atoms with Gasteiger partial charge in [-0.15, -0.1) is 0 Å². The van der Waals surface area contributed by atoms with Crippen LogP contribution in [0.2, 0.25) is 0 Å². The first-order chi connectivity index (χ1) is 8.66. The summed E-state index contributed by atoms with van der Waals surface area (Å²) >= 11 is 0. The molecule has 0 radical (unpaired) electrons. The molecule has 0 fully saturated rings. The predicted octanol–water partition coefficient (Wildman–Crippen LogP) is 2.36. The van der Waals surface area contributed by atoms with Crippen LogP contribution in [0, 0.1) is 5.82 Å². The Kier molecular flexibility index (Phi) is 2.26. The third kappa shape index (κ3) is 1.52. The second-order valence-electron chi connectivity index (χ2n) is 4.10. The lowest BCUT2D eigenvalue weighted by Crippen LogP contribution is -1.96. The smallest absolute Gasteiger partial charge is 0.143 e. The molecule has 3 aromatic rings. The molecule has 0 aliphatic heterocycles. The van der Waals surface area contributed by atoms with Crippen molar-refractivity contribution in [3.63, 3.8) is 0 Å². The van der Waals surface area contributed by atoms with E-state index in [2.05, 4.69) is 9.97 Å². The molecule has 0 aliphatic rings. The summed E-state index contributed by atoms with van der Waals surface area (Å²) in [5.74, 6) is 0.207. The van der Waals surface area contributed by atoms with Gasteiger partial charge in [0.25, 0.3) is 0 Å². The summed E-state index contributed by atoms with van der Waals surface area (Å²) in [5, 5.41) is 0. The Hall–Kier alpha value is -2.43.